The van der Waals surface area contributed by atoms with Crippen LogP contribution in [0.1, 0.15) is 11.8 Å². The lowest BCUT2D eigenvalue weighted by molar-refractivity contribution is -0.0552. The third-order valence-electron chi connectivity index (χ3n) is 3.13. The Kier molecular flexibility index (Phi) is 4.35. The lowest BCUT2D eigenvalue weighted by atomic mass is 10.1. The van der Waals surface area contributed by atoms with E-state index in [4.69, 9.17) is 14.6 Å². The minimum Gasteiger partial charge on any atom is -0.394 e. The van der Waals surface area contributed by atoms with Crippen LogP contribution in [0.2, 0.25) is 0 Å². The van der Waals surface area contributed by atoms with Gasteiger partial charge in [0, 0.05) is 13.3 Å². The van der Waals surface area contributed by atoms with E-state index in [1.165, 1.54) is 13.3 Å². The maximum atomic E-state index is 11.8. The summed E-state index contributed by atoms with van der Waals surface area (Å²) in [7, 11) is 1.39. The van der Waals surface area contributed by atoms with Crippen LogP contribution in [-0.2, 0) is 16.1 Å². The molecule has 9 heteroatoms. The van der Waals surface area contributed by atoms with E-state index in [9.17, 15) is 19.8 Å². The quantitative estimate of drug-likeness (QED) is 0.473. The van der Waals surface area contributed by atoms with Crippen molar-refractivity contribution in [2.75, 3.05) is 13.7 Å². The van der Waals surface area contributed by atoms with Gasteiger partial charge >= 0.3 is 5.69 Å². The third kappa shape index (κ3) is 2.53. The first-order valence-corrected chi connectivity index (χ1v) is 5.95. The summed E-state index contributed by atoms with van der Waals surface area (Å²) >= 11 is 0. The van der Waals surface area contributed by atoms with E-state index in [1.54, 1.807) is 0 Å². The van der Waals surface area contributed by atoms with Gasteiger partial charge in [0.2, 0.25) is 0 Å². The normalized spacial score (nSPS) is 29.8. The highest BCUT2D eigenvalue weighted by Gasteiger charge is 2.43. The zero-order valence-electron chi connectivity index (χ0n) is 10.7. The van der Waals surface area contributed by atoms with E-state index in [-0.39, 0.29) is 12.2 Å². The summed E-state index contributed by atoms with van der Waals surface area (Å²) in [6.45, 7) is -0.526. The van der Waals surface area contributed by atoms with Crippen LogP contribution in [0.25, 0.3) is 0 Å². The molecule has 0 aromatic carbocycles. The van der Waals surface area contributed by atoms with Crippen molar-refractivity contribution in [3.63, 3.8) is 0 Å². The molecule has 1 saturated heterocycles. The first kappa shape index (κ1) is 14.9. The van der Waals surface area contributed by atoms with E-state index in [0.717, 1.165) is 4.57 Å². The van der Waals surface area contributed by atoms with Crippen molar-refractivity contribution in [2.24, 2.45) is 0 Å². The number of methoxy groups -OCH3 is 1. The van der Waals surface area contributed by atoms with Crippen molar-refractivity contribution in [2.45, 2.75) is 31.1 Å². The summed E-state index contributed by atoms with van der Waals surface area (Å²) in [5, 5.41) is 28.5. The largest absolute Gasteiger partial charge is 0.394 e. The molecule has 0 radical (unpaired) electrons. The molecule has 1 aliphatic heterocycles. The summed E-state index contributed by atoms with van der Waals surface area (Å²) < 4.78 is 11.0. The summed E-state index contributed by atoms with van der Waals surface area (Å²) in [5.74, 6) is 0. The van der Waals surface area contributed by atoms with E-state index in [1.807, 2.05) is 0 Å². The molecule has 9 nitrogen and oxygen atoms in total. The van der Waals surface area contributed by atoms with Gasteiger partial charge in [-0.25, -0.2) is 4.79 Å². The molecule has 1 aromatic rings. The molecule has 0 saturated carbocycles. The molecule has 1 fully saturated rings. The van der Waals surface area contributed by atoms with Gasteiger partial charge in [0.05, 0.1) is 18.8 Å². The van der Waals surface area contributed by atoms with Gasteiger partial charge < -0.3 is 24.8 Å². The molecule has 0 amide bonds. The first-order valence-electron chi connectivity index (χ1n) is 5.95. The van der Waals surface area contributed by atoms with Crippen LogP contribution in [0.5, 0.6) is 0 Å². The molecule has 1 aliphatic rings. The minimum atomic E-state index is -1.40. The predicted octanol–water partition coefficient (Wildman–Crippen LogP) is -2.71. The maximum absolute atomic E-state index is 11.8. The van der Waals surface area contributed by atoms with Crippen LogP contribution in [-0.4, -0.2) is 56.9 Å². The maximum Gasteiger partial charge on any atom is 0.330 e. The van der Waals surface area contributed by atoms with Gasteiger partial charge in [-0.1, -0.05) is 0 Å². The van der Waals surface area contributed by atoms with Gasteiger partial charge in [-0.2, -0.15) is 0 Å². The standard InChI is InChI=1S/C11H16N2O7/c1-19-4-5-2-13(11(18)12-9(5)17)10-8(16)7(15)6(3-14)20-10/h2,6-8,10,14-16H,3-4H2,1H3,(H,12,17,18)/t6-,7-,8-,10-/m1/s1. The number of aliphatic hydroxyl groups is 3. The number of rotatable bonds is 4. The number of ether oxygens (including phenoxy) is 2. The van der Waals surface area contributed by atoms with Gasteiger partial charge in [0.15, 0.2) is 6.23 Å². The number of aliphatic hydroxyl groups excluding tert-OH is 3. The smallest absolute Gasteiger partial charge is 0.330 e. The van der Waals surface area contributed by atoms with E-state index in [0.29, 0.717) is 0 Å². The second kappa shape index (κ2) is 5.85. The fourth-order valence-corrected chi connectivity index (χ4v) is 2.08. The monoisotopic (exact) mass is 288 g/mol. The Morgan fingerprint density at radius 2 is 2.10 bits per heavy atom. The second-order valence-electron chi connectivity index (χ2n) is 4.48. The Bertz CT molecular complexity index is 581. The number of nitrogens with one attached hydrogen (secondary N) is 1. The first-order chi connectivity index (χ1) is 9.49. The lowest BCUT2D eigenvalue weighted by Gasteiger charge is -2.17. The molecule has 0 aliphatic carbocycles. The van der Waals surface area contributed by atoms with Crippen molar-refractivity contribution >= 4 is 0 Å². The van der Waals surface area contributed by atoms with E-state index in [2.05, 4.69) is 4.98 Å². The Labute approximate surface area is 113 Å². The molecular weight excluding hydrogens is 272 g/mol. The molecule has 112 valence electrons. The Hall–Kier alpha value is -1.52. The number of hydrogen-bond donors (Lipinski definition) is 4. The summed E-state index contributed by atoms with van der Waals surface area (Å²) in [6.07, 6.45) is -3.71. The van der Waals surface area contributed by atoms with Gasteiger partial charge in [-0.05, 0) is 0 Å². The Morgan fingerprint density at radius 3 is 2.65 bits per heavy atom. The molecule has 20 heavy (non-hydrogen) atoms. The third-order valence-corrected chi connectivity index (χ3v) is 3.13. The molecule has 4 N–H and O–H groups in total. The average Bonchev–Trinajstić information content (AvgIpc) is 2.70. The number of hydrogen-bond acceptors (Lipinski definition) is 7. The van der Waals surface area contributed by atoms with Crippen LogP contribution in [0.15, 0.2) is 15.8 Å². The molecule has 0 spiro atoms. The van der Waals surface area contributed by atoms with Gasteiger partial charge in [0.1, 0.15) is 18.3 Å². The number of nitrogens with zero attached hydrogens (tertiary/aromatic N) is 1. The molecular formula is C11H16N2O7. The molecule has 2 heterocycles. The van der Waals surface area contributed by atoms with Crippen LogP contribution < -0.4 is 11.2 Å². The fourth-order valence-electron chi connectivity index (χ4n) is 2.08. The molecule has 1 aromatic heterocycles. The van der Waals surface area contributed by atoms with E-state index >= 15 is 0 Å². The Balaban J connectivity index is 2.40. The molecule has 0 unspecified atom stereocenters. The Morgan fingerprint density at radius 1 is 1.40 bits per heavy atom. The summed E-state index contributed by atoms with van der Waals surface area (Å²) in [4.78, 5) is 25.4. The highest BCUT2D eigenvalue weighted by atomic mass is 16.6. The highest BCUT2D eigenvalue weighted by molar-refractivity contribution is 5.04. The number of aromatic amines is 1. The van der Waals surface area contributed by atoms with Crippen LogP contribution in [0, 0.1) is 0 Å². The van der Waals surface area contributed by atoms with Crippen LogP contribution in [0.3, 0.4) is 0 Å². The summed E-state index contributed by atoms with van der Waals surface area (Å²) in [6, 6.07) is 0. The summed E-state index contributed by atoms with van der Waals surface area (Å²) in [5.41, 5.74) is -1.21. The zero-order valence-corrected chi connectivity index (χ0v) is 10.7. The van der Waals surface area contributed by atoms with Crippen LogP contribution in [0.4, 0.5) is 0 Å². The fraction of sp³-hybridized carbons (Fsp3) is 0.636. The van der Waals surface area contributed by atoms with Gasteiger partial charge in [-0.15, -0.1) is 0 Å². The topological polar surface area (TPSA) is 134 Å². The molecule has 2 rings (SSSR count). The molecule has 0 bridgehead atoms. The predicted molar refractivity (Wildman–Crippen MR) is 65.0 cm³/mol. The number of aromatic nitrogens is 2. The lowest BCUT2D eigenvalue weighted by Crippen LogP contribution is -2.39. The zero-order chi connectivity index (χ0) is 14.9. The van der Waals surface area contributed by atoms with Crippen molar-refractivity contribution < 1.29 is 24.8 Å². The average molecular weight is 288 g/mol. The second-order valence-corrected chi connectivity index (χ2v) is 4.48. The van der Waals surface area contributed by atoms with Gasteiger partial charge in [0.25, 0.3) is 5.56 Å². The van der Waals surface area contributed by atoms with Crippen molar-refractivity contribution in [3.8, 4) is 0 Å². The van der Waals surface area contributed by atoms with Crippen molar-refractivity contribution in [3.05, 3.63) is 32.6 Å². The minimum absolute atomic E-state index is 0.0234. The SMILES string of the molecule is COCc1cn([C@@H]2O[C@H](CO)[C@@H](O)[C@H]2O)c(=O)[nH]c1=O. The highest BCUT2D eigenvalue weighted by Crippen LogP contribution is 2.27. The van der Waals surface area contributed by atoms with E-state index < -0.39 is 42.4 Å². The van der Waals surface area contributed by atoms with Crippen molar-refractivity contribution in [1.82, 2.24) is 9.55 Å². The molecule has 4 atom stereocenters. The number of H-pyrrole nitrogens is 1. The van der Waals surface area contributed by atoms with Crippen molar-refractivity contribution in [1.29, 1.82) is 0 Å². The van der Waals surface area contributed by atoms with Gasteiger partial charge in [-0.3, -0.25) is 14.3 Å². The van der Waals surface area contributed by atoms with Crippen LogP contribution >= 0.6 is 0 Å².